The molecule has 0 saturated carbocycles. The van der Waals surface area contributed by atoms with Gasteiger partial charge in [-0.15, -0.1) is 0 Å². The lowest BCUT2D eigenvalue weighted by Crippen LogP contribution is -2.39. The Bertz CT molecular complexity index is 945. The lowest BCUT2D eigenvalue weighted by atomic mass is 10.1. The summed E-state index contributed by atoms with van der Waals surface area (Å²) in [6, 6.07) is 9.16. The number of alkyl halides is 3. The highest BCUT2D eigenvalue weighted by Gasteiger charge is 2.30. The van der Waals surface area contributed by atoms with E-state index < -0.39 is 48.0 Å². The monoisotopic (exact) mass is 440 g/mol. The summed E-state index contributed by atoms with van der Waals surface area (Å²) >= 11 is 0. The van der Waals surface area contributed by atoms with E-state index in [1.54, 1.807) is 6.07 Å². The van der Waals surface area contributed by atoms with E-state index in [1.165, 1.54) is 37.1 Å². The molecule has 0 spiro atoms. The van der Waals surface area contributed by atoms with Crippen molar-refractivity contribution in [3.63, 3.8) is 0 Å². The molecule has 6 nitrogen and oxygen atoms in total. The average Bonchev–Trinajstić information content (AvgIpc) is 2.70. The van der Waals surface area contributed by atoms with Gasteiger partial charge >= 0.3 is 12.1 Å². The Morgan fingerprint density at radius 2 is 1.74 bits per heavy atom. The van der Waals surface area contributed by atoms with Gasteiger partial charge in [0.2, 0.25) is 0 Å². The molecule has 2 amide bonds. The largest absolute Gasteiger partial charge is 0.451 e. The second kappa shape index (κ2) is 10.1. The fourth-order valence-corrected chi connectivity index (χ4v) is 2.65. The summed E-state index contributed by atoms with van der Waals surface area (Å²) in [4.78, 5) is 37.4. The summed E-state index contributed by atoms with van der Waals surface area (Å²) in [5.41, 5.74) is -0.420. The molecule has 2 aromatic rings. The fraction of sp³-hybridized carbons (Fsp3) is 0.286. The SMILES string of the molecule is CC(OC(=O)CNC(=O)c1ccc(C(F)(F)F)cc1)C(=O)N(C)Cc1cccc(F)c1. The Morgan fingerprint density at radius 1 is 1.10 bits per heavy atom. The molecule has 0 fully saturated rings. The van der Waals surface area contributed by atoms with Gasteiger partial charge in [0.05, 0.1) is 5.56 Å². The van der Waals surface area contributed by atoms with E-state index in [4.69, 9.17) is 4.74 Å². The number of rotatable bonds is 7. The first-order valence-corrected chi connectivity index (χ1v) is 9.11. The van der Waals surface area contributed by atoms with Gasteiger partial charge in [-0.05, 0) is 48.9 Å². The number of ether oxygens (including phenoxy) is 1. The molecule has 0 bridgehead atoms. The third-order valence-electron chi connectivity index (χ3n) is 4.21. The molecule has 0 aliphatic rings. The maximum Gasteiger partial charge on any atom is 0.416 e. The van der Waals surface area contributed by atoms with Gasteiger partial charge in [0.15, 0.2) is 6.10 Å². The molecule has 31 heavy (non-hydrogen) atoms. The Morgan fingerprint density at radius 3 is 2.32 bits per heavy atom. The molecular formula is C21H20F4N2O4. The molecular weight excluding hydrogens is 420 g/mol. The van der Waals surface area contributed by atoms with Crippen molar-refractivity contribution in [3.8, 4) is 0 Å². The van der Waals surface area contributed by atoms with Crippen LogP contribution in [0.15, 0.2) is 48.5 Å². The number of hydrogen-bond donors (Lipinski definition) is 1. The van der Waals surface area contributed by atoms with Crippen molar-refractivity contribution < 1.29 is 36.7 Å². The van der Waals surface area contributed by atoms with Crippen molar-refractivity contribution >= 4 is 17.8 Å². The summed E-state index contributed by atoms with van der Waals surface area (Å²) in [6.45, 7) is 0.869. The van der Waals surface area contributed by atoms with Crippen LogP contribution in [-0.4, -0.2) is 42.4 Å². The molecule has 0 saturated heterocycles. The van der Waals surface area contributed by atoms with E-state index in [1.807, 2.05) is 0 Å². The lowest BCUT2D eigenvalue weighted by Gasteiger charge is -2.21. The molecule has 10 heteroatoms. The highest BCUT2D eigenvalue weighted by Crippen LogP contribution is 2.29. The van der Waals surface area contributed by atoms with E-state index in [2.05, 4.69) is 5.32 Å². The van der Waals surface area contributed by atoms with Crippen molar-refractivity contribution in [1.82, 2.24) is 10.2 Å². The second-order valence-corrected chi connectivity index (χ2v) is 6.71. The zero-order valence-corrected chi connectivity index (χ0v) is 16.7. The molecule has 1 N–H and O–H groups in total. The first-order chi connectivity index (χ1) is 14.5. The number of benzene rings is 2. The Labute approximate surface area is 175 Å². The molecule has 1 atom stereocenters. The summed E-state index contributed by atoms with van der Waals surface area (Å²) in [5, 5.41) is 2.22. The van der Waals surface area contributed by atoms with Crippen LogP contribution in [0.3, 0.4) is 0 Å². The van der Waals surface area contributed by atoms with Crippen molar-refractivity contribution in [2.75, 3.05) is 13.6 Å². The lowest BCUT2D eigenvalue weighted by molar-refractivity contribution is -0.157. The molecule has 0 heterocycles. The standard InChI is InChI=1S/C21H20F4N2O4/c1-13(20(30)27(2)12-14-4-3-5-17(22)10-14)31-18(28)11-26-19(29)15-6-8-16(9-7-15)21(23,24)25/h3-10,13H,11-12H2,1-2H3,(H,26,29). The van der Waals surface area contributed by atoms with Gasteiger partial charge in [0.25, 0.3) is 11.8 Å². The van der Waals surface area contributed by atoms with Crippen molar-refractivity contribution in [1.29, 1.82) is 0 Å². The number of halogens is 4. The third kappa shape index (κ3) is 7.09. The molecule has 0 aromatic heterocycles. The van der Waals surface area contributed by atoms with Crippen molar-refractivity contribution in [2.24, 2.45) is 0 Å². The summed E-state index contributed by atoms with van der Waals surface area (Å²) in [5.74, 6) is -2.65. The van der Waals surface area contributed by atoms with Crippen LogP contribution >= 0.6 is 0 Å². The minimum absolute atomic E-state index is 0.0697. The van der Waals surface area contributed by atoms with Crippen LogP contribution in [0.1, 0.15) is 28.4 Å². The van der Waals surface area contributed by atoms with Gasteiger partial charge in [-0.1, -0.05) is 12.1 Å². The number of nitrogens with one attached hydrogen (secondary N) is 1. The second-order valence-electron chi connectivity index (χ2n) is 6.71. The zero-order valence-electron chi connectivity index (χ0n) is 16.7. The number of amides is 2. The van der Waals surface area contributed by atoms with E-state index in [0.29, 0.717) is 5.56 Å². The first-order valence-electron chi connectivity index (χ1n) is 9.11. The predicted octanol–water partition coefficient (Wildman–Crippen LogP) is 3.16. The van der Waals surface area contributed by atoms with Crippen molar-refractivity contribution in [2.45, 2.75) is 25.7 Å². The molecule has 166 valence electrons. The molecule has 2 rings (SSSR count). The van der Waals surface area contributed by atoms with Gasteiger partial charge in [0.1, 0.15) is 12.4 Å². The van der Waals surface area contributed by atoms with Gasteiger partial charge in [-0.3, -0.25) is 14.4 Å². The fourth-order valence-electron chi connectivity index (χ4n) is 2.65. The number of hydrogen-bond acceptors (Lipinski definition) is 4. The maximum absolute atomic E-state index is 13.2. The van der Waals surface area contributed by atoms with E-state index in [0.717, 1.165) is 24.3 Å². The number of nitrogens with zero attached hydrogens (tertiary/aromatic N) is 1. The number of esters is 1. The molecule has 0 aliphatic heterocycles. The predicted molar refractivity (Wildman–Crippen MR) is 102 cm³/mol. The van der Waals surface area contributed by atoms with Gasteiger partial charge < -0.3 is 15.0 Å². The maximum atomic E-state index is 13.2. The molecule has 0 radical (unpaired) electrons. The number of carbonyl (C=O) groups is 3. The first kappa shape index (κ1) is 23.8. The van der Waals surface area contributed by atoms with Crippen LogP contribution in [0.2, 0.25) is 0 Å². The Kier molecular flexibility index (Phi) is 7.73. The number of carbonyl (C=O) groups excluding carboxylic acids is 3. The normalized spacial score (nSPS) is 12.1. The molecule has 2 aromatic carbocycles. The summed E-state index contributed by atoms with van der Waals surface area (Å²) < 4.78 is 55.9. The van der Waals surface area contributed by atoms with Crippen LogP contribution in [0.4, 0.5) is 17.6 Å². The average molecular weight is 440 g/mol. The van der Waals surface area contributed by atoms with E-state index in [9.17, 15) is 31.9 Å². The van der Waals surface area contributed by atoms with Crippen LogP contribution in [0.5, 0.6) is 0 Å². The third-order valence-corrected chi connectivity index (χ3v) is 4.21. The molecule has 1 unspecified atom stereocenters. The van der Waals surface area contributed by atoms with Crippen LogP contribution < -0.4 is 5.32 Å². The van der Waals surface area contributed by atoms with E-state index >= 15 is 0 Å². The van der Waals surface area contributed by atoms with Crippen LogP contribution in [-0.2, 0) is 27.0 Å². The summed E-state index contributed by atoms with van der Waals surface area (Å²) in [7, 11) is 1.46. The molecule has 0 aliphatic carbocycles. The van der Waals surface area contributed by atoms with E-state index in [-0.39, 0.29) is 12.1 Å². The zero-order chi connectivity index (χ0) is 23.2. The quantitative estimate of drug-likeness (QED) is 0.530. The number of likely N-dealkylation sites (N-methyl/N-ethyl adjacent to an activating group) is 1. The highest BCUT2D eigenvalue weighted by atomic mass is 19.4. The minimum atomic E-state index is -4.52. The van der Waals surface area contributed by atoms with Gasteiger partial charge in [0, 0.05) is 19.2 Å². The Balaban J connectivity index is 1.83. The van der Waals surface area contributed by atoms with Crippen LogP contribution in [0.25, 0.3) is 0 Å². The Hall–Kier alpha value is -3.43. The minimum Gasteiger partial charge on any atom is -0.451 e. The van der Waals surface area contributed by atoms with Gasteiger partial charge in [-0.25, -0.2) is 4.39 Å². The topological polar surface area (TPSA) is 75.7 Å². The van der Waals surface area contributed by atoms with Crippen LogP contribution in [0, 0.1) is 5.82 Å². The summed E-state index contributed by atoms with van der Waals surface area (Å²) in [6.07, 6.45) is -5.68. The van der Waals surface area contributed by atoms with Crippen molar-refractivity contribution in [3.05, 3.63) is 71.0 Å². The smallest absolute Gasteiger partial charge is 0.416 e. The van der Waals surface area contributed by atoms with Gasteiger partial charge in [-0.2, -0.15) is 13.2 Å². The highest BCUT2D eigenvalue weighted by molar-refractivity contribution is 5.96.